The molecule has 0 radical (unpaired) electrons. The third-order valence-electron chi connectivity index (χ3n) is 3.50. The number of aryl methyl sites for hydroxylation is 2. The SMILES string of the molecule is Cc1ccc(C#N)c(Oc2ccc3c(c2)CCB3O)n1. The Hall–Kier alpha value is -2.32. The van der Waals surface area contributed by atoms with E-state index in [4.69, 9.17) is 10.00 Å². The first-order valence-electron chi connectivity index (χ1n) is 6.54. The molecule has 0 spiro atoms. The van der Waals surface area contributed by atoms with Gasteiger partial charge in [-0.1, -0.05) is 6.07 Å². The van der Waals surface area contributed by atoms with E-state index in [9.17, 15) is 5.02 Å². The van der Waals surface area contributed by atoms with Gasteiger partial charge in [-0.2, -0.15) is 5.26 Å². The fraction of sp³-hybridized carbons (Fsp3) is 0.200. The smallest absolute Gasteiger partial charge is 0.324 e. The second-order valence-electron chi connectivity index (χ2n) is 4.93. The van der Waals surface area contributed by atoms with Crippen molar-refractivity contribution >= 4 is 12.4 Å². The van der Waals surface area contributed by atoms with E-state index in [-0.39, 0.29) is 6.92 Å². The third kappa shape index (κ3) is 2.26. The van der Waals surface area contributed by atoms with Crippen LogP contribution in [0.3, 0.4) is 0 Å². The van der Waals surface area contributed by atoms with Gasteiger partial charge in [-0.15, -0.1) is 0 Å². The molecule has 5 heteroatoms. The highest BCUT2D eigenvalue weighted by molar-refractivity contribution is 6.68. The Morgan fingerprint density at radius 2 is 2.20 bits per heavy atom. The van der Waals surface area contributed by atoms with Crippen LogP contribution < -0.4 is 10.2 Å². The van der Waals surface area contributed by atoms with Crippen molar-refractivity contribution in [2.24, 2.45) is 0 Å². The summed E-state index contributed by atoms with van der Waals surface area (Å²) in [6.45, 7) is 1.48. The quantitative estimate of drug-likeness (QED) is 0.840. The van der Waals surface area contributed by atoms with Crippen molar-refractivity contribution in [2.45, 2.75) is 19.7 Å². The Bertz CT molecular complexity index is 710. The van der Waals surface area contributed by atoms with Crippen molar-refractivity contribution < 1.29 is 9.76 Å². The molecule has 0 saturated carbocycles. The minimum absolute atomic E-state index is 0.325. The Labute approximate surface area is 117 Å². The second-order valence-corrected chi connectivity index (χ2v) is 4.93. The number of hydrogen-bond acceptors (Lipinski definition) is 4. The number of hydrogen-bond donors (Lipinski definition) is 1. The molecule has 3 rings (SSSR count). The maximum Gasteiger partial charge on any atom is 0.324 e. The lowest BCUT2D eigenvalue weighted by atomic mass is 9.63. The zero-order chi connectivity index (χ0) is 14.1. The molecule has 1 aliphatic heterocycles. The lowest BCUT2D eigenvalue weighted by molar-refractivity contribution is 0.459. The van der Waals surface area contributed by atoms with Crippen LogP contribution >= 0.6 is 0 Å². The van der Waals surface area contributed by atoms with Gasteiger partial charge >= 0.3 is 6.92 Å². The van der Waals surface area contributed by atoms with Gasteiger partial charge in [-0.25, -0.2) is 4.98 Å². The van der Waals surface area contributed by atoms with Crippen LogP contribution in [0.1, 0.15) is 16.8 Å². The molecule has 4 nitrogen and oxygen atoms in total. The van der Waals surface area contributed by atoms with Crippen molar-refractivity contribution in [3.8, 4) is 17.7 Å². The van der Waals surface area contributed by atoms with Crippen LogP contribution in [0.15, 0.2) is 30.3 Å². The number of rotatable bonds is 2. The molecule has 2 aromatic rings. The third-order valence-corrected chi connectivity index (χ3v) is 3.50. The van der Waals surface area contributed by atoms with Crippen LogP contribution in [-0.2, 0) is 6.42 Å². The van der Waals surface area contributed by atoms with Crippen LogP contribution in [-0.4, -0.2) is 16.9 Å². The largest absolute Gasteiger partial charge is 0.446 e. The van der Waals surface area contributed by atoms with E-state index in [1.807, 2.05) is 19.1 Å². The van der Waals surface area contributed by atoms with Gasteiger partial charge in [-0.3, -0.25) is 0 Å². The van der Waals surface area contributed by atoms with Gasteiger partial charge in [0.05, 0.1) is 0 Å². The number of ether oxygens (including phenoxy) is 1. The maximum atomic E-state index is 9.78. The summed E-state index contributed by atoms with van der Waals surface area (Å²) in [5.74, 6) is 0.971. The average molecular weight is 264 g/mol. The lowest BCUT2D eigenvalue weighted by Crippen LogP contribution is -2.25. The van der Waals surface area contributed by atoms with Crippen LogP contribution in [0.25, 0.3) is 0 Å². The van der Waals surface area contributed by atoms with Gasteiger partial charge in [-0.05, 0) is 55.0 Å². The van der Waals surface area contributed by atoms with Crippen molar-refractivity contribution in [1.29, 1.82) is 5.26 Å². The summed E-state index contributed by atoms with van der Waals surface area (Å²) >= 11 is 0. The summed E-state index contributed by atoms with van der Waals surface area (Å²) in [4.78, 5) is 4.25. The van der Waals surface area contributed by atoms with Crippen LogP contribution in [0, 0.1) is 18.3 Å². The van der Waals surface area contributed by atoms with Crippen molar-refractivity contribution in [3.63, 3.8) is 0 Å². The highest BCUT2D eigenvalue weighted by atomic mass is 16.5. The van der Waals surface area contributed by atoms with Gasteiger partial charge in [0.15, 0.2) is 0 Å². The van der Waals surface area contributed by atoms with Crippen molar-refractivity contribution in [3.05, 3.63) is 47.2 Å². The summed E-state index contributed by atoms with van der Waals surface area (Å²) in [6, 6.07) is 11.2. The Morgan fingerprint density at radius 3 is 3.00 bits per heavy atom. The average Bonchev–Trinajstić information content (AvgIpc) is 2.80. The van der Waals surface area contributed by atoms with E-state index in [1.54, 1.807) is 18.2 Å². The minimum atomic E-state index is -0.370. The number of aromatic nitrogens is 1. The van der Waals surface area contributed by atoms with Crippen LogP contribution in [0.4, 0.5) is 0 Å². The van der Waals surface area contributed by atoms with E-state index in [0.29, 0.717) is 17.2 Å². The monoisotopic (exact) mass is 264 g/mol. The van der Waals surface area contributed by atoms with Gasteiger partial charge in [0, 0.05) is 5.69 Å². The van der Waals surface area contributed by atoms with E-state index in [2.05, 4.69) is 11.1 Å². The lowest BCUT2D eigenvalue weighted by Gasteiger charge is -2.09. The van der Waals surface area contributed by atoms with E-state index >= 15 is 0 Å². The number of nitriles is 1. The fourth-order valence-corrected chi connectivity index (χ4v) is 2.44. The summed E-state index contributed by atoms with van der Waals surface area (Å²) in [5.41, 5.74) is 3.28. The molecule has 1 aromatic heterocycles. The molecule has 1 aromatic carbocycles. The zero-order valence-electron chi connectivity index (χ0n) is 11.1. The number of pyridine rings is 1. The van der Waals surface area contributed by atoms with Gasteiger partial charge in [0.25, 0.3) is 0 Å². The molecule has 0 saturated heterocycles. The molecule has 1 N–H and O–H groups in total. The van der Waals surface area contributed by atoms with Gasteiger partial charge in [0.2, 0.25) is 5.88 Å². The second kappa shape index (κ2) is 4.99. The first-order valence-corrected chi connectivity index (χ1v) is 6.54. The van der Waals surface area contributed by atoms with E-state index in [0.717, 1.165) is 29.5 Å². The molecule has 2 heterocycles. The molecule has 1 aliphatic rings. The summed E-state index contributed by atoms with van der Waals surface area (Å²) in [5, 5.41) is 18.9. The zero-order valence-corrected chi connectivity index (χ0v) is 11.1. The van der Waals surface area contributed by atoms with E-state index < -0.39 is 0 Å². The highest BCUT2D eigenvalue weighted by Crippen LogP contribution is 2.25. The van der Waals surface area contributed by atoms with Crippen LogP contribution in [0.5, 0.6) is 11.6 Å². The molecule has 0 bridgehead atoms. The molecular formula is C15H13BN2O2. The fourth-order valence-electron chi connectivity index (χ4n) is 2.44. The summed E-state index contributed by atoms with van der Waals surface area (Å²) in [6.07, 6.45) is 1.60. The molecule has 20 heavy (non-hydrogen) atoms. The summed E-state index contributed by atoms with van der Waals surface area (Å²) < 4.78 is 5.73. The summed E-state index contributed by atoms with van der Waals surface area (Å²) in [7, 11) is 0. The topological polar surface area (TPSA) is 66.1 Å². The Morgan fingerprint density at radius 1 is 1.35 bits per heavy atom. The van der Waals surface area contributed by atoms with Crippen LogP contribution in [0.2, 0.25) is 6.32 Å². The number of fused-ring (bicyclic) bond motifs is 1. The molecule has 0 aliphatic carbocycles. The molecule has 0 atom stereocenters. The van der Waals surface area contributed by atoms with E-state index in [1.165, 1.54) is 0 Å². The van der Waals surface area contributed by atoms with Gasteiger partial charge in [0.1, 0.15) is 17.4 Å². The molecule has 0 fully saturated rings. The van der Waals surface area contributed by atoms with Crippen molar-refractivity contribution in [2.75, 3.05) is 0 Å². The standard InChI is InChI=1S/C15H13BN2O2/c1-10-2-3-12(9-17)15(18-10)20-13-4-5-14-11(8-13)6-7-16(14)19/h2-5,8,19H,6-7H2,1H3. The molecule has 0 amide bonds. The predicted molar refractivity (Wildman–Crippen MR) is 76.3 cm³/mol. The first kappa shape index (κ1) is 12.7. The molecular weight excluding hydrogens is 251 g/mol. The van der Waals surface area contributed by atoms with Gasteiger partial charge < -0.3 is 9.76 Å². The Balaban J connectivity index is 1.93. The Kier molecular flexibility index (Phi) is 3.17. The maximum absolute atomic E-state index is 9.78. The predicted octanol–water partition coefficient (Wildman–Crippen LogP) is 1.80. The number of nitrogens with zero attached hydrogens (tertiary/aromatic N) is 2. The molecule has 0 unspecified atom stereocenters. The number of benzene rings is 1. The normalized spacial score (nSPS) is 12.9. The highest BCUT2D eigenvalue weighted by Gasteiger charge is 2.25. The van der Waals surface area contributed by atoms with Crippen molar-refractivity contribution in [1.82, 2.24) is 4.98 Å². The molecule has 98 valence electrons. The first-order chi connectivity index (χ1) is 9.67. The minimum Gasteiger partial charge on any atom is -0.446 e.